The molecule has 2 aromatic rings. The van der Waals surface area contributed by atoms with Gasteiger partial charge in [-0.3, -0.25) is 4.79 Å². The second-order valence-corrected chi connectivity index (χ2v) is 3.62. The van der Waals surface area contributed by atoms with E-state index in [1.165, 1.54) is 7.11 Å². The SMILES string of the molecule is COc1nccnc1-c1cc(C)ccc1C=O. The van der Waals surface area contributed by atoms with Crippen molar-refractivity contribution in [1.29, 1.82) is 0 Å². The summed E-state index contributed by atoms with van der Waals surface area (Å²) in [5.74, 6) is 0.418. The average Bonchev–Trinajstić information content (AvgIpc) is 2.38. The first-order valence-corrected chi connectivity index (χ1v) is 5.17. The predicted octanol–water partition coefficient (Wildman–Crippen LogP) is 2.27. The summed E-state index contributed by atoms with van der Waals surface area (Å²) >= 11 is 0. The van der Waals surface area contributed by atoms with Gasteiger partial charge in [0.05, 0.1) is 7.11 Å². The summed E-state index contributed by atoms with van der Waals surface area (Å²) in [6.45, 7) is 1.96. The van der Waals surface area contributed by atoms with Crippen LogP contribution in [0.4, 0.5) is 0 Å². The van der Waals surface area contributed by atoms with Gasteiger partial charge in [0, 0.05) is 23.5 Å². The number of ether oxygens (including phenoxy) is 1. The number of rotatable bonds is 3. The van der Waals surface area contributed by atoms with Crippen LogP contribution in [0, 0.1) is 6.92 Å². The highest BCUT2D eigenvalue weighted by atomic mass is 16.5. The minimum atomic E-state index is 0.418. The lowest BCUT2D eigenvalue weighted by Crippen LogP contribution is -1.97. The molecule has 0 N–H and O–H groups in total. The molecule has 0 radical (unpaired) electrons. The molecule has 0 aliphatic heterocycles. The number of hydrogen-bond donors (Lipinski definition) is 0. The van der Waals surface area contributed by atoms with Crippen molar-refractivity contribution in [2.24, 2.45) is 0 Å². The summed E-state index contributed by atoms with van der Waals surface area (Å²) in [7, 11) is 1.53. The zero-order chi connectivity index (χ0) is 12.3. The molecule has 0 amide bonds. The van der Waals surface area contributed by atoms with E-state index in [1.54, 1.807) is 18.5 Å². The fourth-order valence-corrected chi connectivity index (χ4v) is 1.64. The molecule has 4 heteroatoms. The number of hydrogen-bond acceptors (Lipinski definition) is 4. The van der Waals surface area contributed by atoms with Crippen LogP contribution in [-0.4, -0.2) is 23.4 Å². The van der Waals surface area contributed by atoms with Gasteiger partial charge in [-0.25, -0.2) is 9.97 Å². The molecule has 0 fully saturated rings. The molecule has 0 aliphatic rings. The Labute approximate surface area is 99.3 Å². The van der Waals surface area contributed by atoms with Gasteiger partial charge in [-0.15, -0.1) is 0 Å². The zero-order valence-electron chi connectivity index (χ0n) is 9.68. The monoisotopic (exact) mass is 228 g/mol. The summed E-state index contributed by atoms with van der Waals surface area (Å²) in [6.07, 6.45) is 3.94. The molecule has 1 heterocycles. The largest absolute Gasteiger partial charge is 0.479 e. The van der Waals surface area contributed by atoms with Crippen LogP contribution < -0.4 is 4.74 Å². The predicted molar refractivity (Wildman–Crippen MR) is 64.1 cm³/mol. The highest BCUT2D eigenvalue weighted by molar-refractivity contribution is 5.87. The van der Waals surface area contributed by atoms with Crippen LogP contribution in [0.1, 0.15) is 15.9 Å². The average molecular weight is 228 g/mol. The van der Waals surface area contributed by atoms with Crippen LogP contribution >= 0.6 is 0 Å². The Morgan fingerprint density at radius 1 is 1.24 bits per heavy atom. The first kappa shape index (κ1) is 11.3. The van der Waals surface area contributed by atoms with Crippen molar-refractivity contribution >= 4 is 6.29 Å². The van der Waals surface area contributed by atoms with Crippen molar-refractivity contribution < 1.29 is 9.53 Å². The van der Waals surface area contributed by atoms with Gasteiger partial charge in [0.15, 0.2) is 6.29 Å². The number of carbonyl (C=O) groups is 1. The van der Waals surface area contributed by atoms with E-state index in [2.05, 4.69) is 9.97 Å². The molecule has 4 nitrogen and oxygen atoms in total. The van der Waals surface area contributed by atoms with E-state index < -0.39 is 0 Å². The van der Waals surface area contributed by atoms with Crippen molar-refractivity contribution in [2.45, 2.75) is 6.92 Å². The Balaban J connectivity index is 2.66. The molecule has 17 heavy (non-hydrogen) atoms. The molecule has 0 bridgehead atoms. The maximum Gasteiger partial charge on any atom is 0.240 e. The van der Waals surface area contributed by atoms with Crippen LogP contribution in [0.15, 0.2) is 30.6 Å². The highest BCUT2D eigenvalue weighted by Crippen LogP contribution is 2.28. The van der Waals surface area contributed by atoms with E-state index in [0.29, 0.717) is 17.1 Å². The summed E-state index contributed by atoms with van der Waals surface area (Å²) < 4.78 is 5.15. The smallest absolute Gasteiger partial charge is 0.240 e. The third-order valence-corrected chi connectivity index (χ3v) is 2.45. The van der Waals surface area contributed by atoms with E-state index in [9.17, 15) is 4.79 Å². The van der Waals surface area contributed by atoms with Crippen LogP contribution in [0.25, 0.3) is 11.3 Å². The Bertz CT molecular complexity index is 553. The fraction of sp³-hybridized carbons (Fsp3) is 0.154. The summed E-state index contributed by atoms with van der Waals surface area (Å²) in [4.78, 5) is 19.3. The normalized spacial score (nSPS) is 10.0. The standard InChI is InChI=1S/C13H12N2O2/c1-9-3-4-10(8-16)11(7-9)12-13(17-2)15-6-5-14-12/h3-8H,1-2H3. The number of methoxy groups -OCH3 is 1. The number of benzene rings is 1. The number of aromatic nitrogens is 2. The van der Waals surface area contributed by atoms with Gasteiger partial charge in [0.25, 0.3) is 0 Å². The Morgan fingerprint density at radius 3 is 2.71 bits per heavy atom. The number of carbonyl (C=O) groups excluding carboxylic acids is 1. The molecule has 1 aromatic heterocycles. The Kier molecular flexibility index (Phi) is 3.14. The third-order valence-electron chi connectivity index (χ3n) is 2.45. The molecular formula is C13H12N2O2. The van der Waals surface area contributed by atoms with Crippen molar-refractivity contribution in [1.82, 2.24) is 9.97 Å². The van der Waals surface area contributed by atoms with Crippen LogP contribution in [0.5, 0.6) is 5.88 Å². The maximum atomic E-state index is 11.0. The summed E-state index contributed by atoms with van der Waals surface area (Å²) in [6, 6.07) is 5.55. The summed E-state index contributed by atoms with van der Waals surface area (Å²) in [5.41, 5.74) is 2.96. The van der Waals surface area contributed by atoms with E-state index in [1.807, 2.05) is 19.1 Å². The second kappa shape index (κ2) is 4.74. The Hall–Kier alpha value is -2.23. The van der Waals surface area contributed by atoms with Crippen LogP contribution in [0.3, 0.4) is 0 Å². The molecule has 0 aliphatic carbocycles. The third kappa shape index (κ3) is 2.15. The van der Waals surface area contributed by atoms with Gasteiger partial charge in [-0.05, 0) is 13.0 Å². The van der Waals surface area contributed by atoms with E-state index in [4.69, 9.17) is 4.74 Å². The van der Waals surface area contributed by atoms with Gasteiger partial charge in [0.2, 0.25) is 5.88 Å². The molecule has 0 unspecified atom stereocenters. The lowest BCUT2D eigenvalue weighted by atomic mass is 10.0. The first-order chi connectivity index (χ1) is 8.26. The van der Waals surface area contributed by atoms with Gasteiger partial charge in [0.1, 0.15) is 5.69 Å². The van der Waals surface area contributed by atoms with E-state index in [0.717, 1.165) is 17.4 Å². The zero-order valence-corrected chi connectivity index (χ0v) is 9.68. The topological polar surface area (TPSA) is 52.1 Å². The van der Waals surface area contributed by atoms with Crippen molar-refractivity contribution in [3.8, 4) is 17.1 Å². The minimum absolute atomic E-state index is 0.418. The van der Waals surface area contributed by atoms with Crippen molar-refractivity contribution in [3.63, 3.8) is 0 Å². The molecule has 1 aromatic carbocycles. The van der Waals surface area contributed by atoms with Crippen molar-refractivity contribution in [2.75, 3.05) is 7.11 Å². The van der Waals surface area contributed by atoms with Crippen LogP contribution in [-0.2, 0) is 0 Å². The molecule has 86 valence electrons. The maximum absolute atomic E-state index is 11.0. The van der Waals surface area contributed by atoms with Gasteiger partial charge >= 0.3 is 0 Å². The number of aldehydes is 1. The second-order valence-electron chi connectivity index (χ2n) is 3.62. The molecule has 0 saturated carbocycles. The quantitative estimate of drug-likeness (QED) is 0.756. The minimum Gasteiger partial charge on any atom is -0.479 e. The van der Waals surface area contributed by atoms with Gasteiger partial charge in [-0.2, -0.15) is 0 Å². The molecule has 0 atom stereocenters. The first-order valence-electron chi connectivity index (χ1n) is 5.17. The molecule has 0 spiro atoms. The Morgan fingerprint density at radius 2 is 2.00 bits per heavy atom. The van der Waals surface area contributed by atoms with Crippen molar-refractivity contribution in [3.05, 3.63) is 41.7 Å². The molecule has 0 saturated heterocycles. The lowest BCUT2D eigenvalue weighted by Gasteiger charge is -2.08. The van der Waals surface area contributed by atoms with E-state index >= 15 is 0 Å². The molecular weight excluding hydrogens is 216 g/mol. The molecule has 2 rings (SSSR count). The van der Waals surface area contributed by atoms with Crippen LogP contribution in [0.2, 0.25) is 0 Å². The number of nitrogens with zero attached hydrogens (tertiary/aromatic N) is 2. The summed E-state index contributed by atoms with van der Waals surface area (Å²) in [5, 5.41) is 0. The fourth-order valence-electron chi connectivity index (χ4n) is 1.64. The van der Waals surface area contributed by atoms with Gasteiger partial charge < -0.3 is 4.74 Å². The lowest BCUT2D eigenvalue weighted by molar-refractivity contribution is 0.112. The van der Waals surface area contributed by atoms with E-state index in [-0.39, 0.29) is 0 Å². The number of aryl methyl sites for hydroxylation is 1. The highest BCUT2D eigenvalue weighted by Gasteiger charge is 2.12. The van der Waals surface area contributed by atoms with Gasteiger partial charge in [-0.1, -0.05) is 17.7 Å².